The third kappa shape index (κ3) is 4.13. The predicted octanol–water partition coefficient (Wildman–Crippen LogP) is 4.61. The molecule has 0 spiro atoms. The molecule has 11 nitrogen and oxygen atoms in total. The zero-order valence-electron chi connectivity index (χ0n) is 19.7. The molecule has 5 aromatic heterocycles. The van der Waals surface area contributed by atoms with Crippen LogP contribution in [0.5, 0.6) is 11.5 Å². The zero-order chi connectivity index (χ0) is 24.7. The second-order valence-corrected chi connectivity index (χ2v) is 9.42. The number of imidazole rings is 1. The van der Waals surface area contributed by atoms with Gasteiger partial charge in [0.2, 0.25) is 5.95 Å². The minimum absolute atomic E-state index is 0.139. The number of ether oxygens (including phenoxy) is 1. The van der Waals surface area contributed by atoms with Crippen LogP contribution < -0.4 is 10.1 Å². The molecule has 0 bridgehead atoms. The Labute approximate surface area is 205 Å². The van der Waals surface area contributed by atoms with Crippen LogP contribution in [0, 0.1) is 11.3 Å². The van der Waals surface area contributed by atoms with Crippen molar-refractivity contribution in [1.82, 2.24) is 38.9 Å². The number of pyridine rings is 1. The first-order valence-corrected chi connectivity index (χ1v) is 11.3. The Balaban J connectivity index is 1.48. The second kappa shape index (κ2) is 8.56. The number of rotatable bonds is 6. The molecule has 0 aliphatic carbocycles. The molecule has 0 saturated carbocycles. The van der Waals surface area contributed by atoms with Crippen LogP contribution in [0.2, 0.25) is 5.02 Å². The summed E-state index contributed by atoms with van der Waals surface area (Å²) in [5.41, 5.74) is 2.66. The summed E-state index contributed by atoms with van der Waals surface area (Å²) in [5, 5.41) is 21.5. The summed E-state index contributed by atoms with van der Waals surface area (Å²) in [6.07, 6.45) is 8.55. The number of nitrogens with zero attached hydrogens (tertiary/aromatic N) is 9. The highest BCUT2D eigenvalue weighted by molar-refractivity contribution is 6.36. The number of nitrogens with one attached hydrogen (secondary N) is 1. The fourth-order valence-corrected chi connectivity index (χ4v) is 4.13. The van der Waals surface area contributed by atoms with Gasteiger partial charge in [-0.15, -0.1) is 0 Å². The Morgan fingerprint density at radius 2 is 2.03 bits per heavy atom. The van der Waals surface area contributed by atoms with Crippen LogP contribution in [-0.4, -0.2) is 38.9 Å². The lowest BCUT2D eigenvalue weighted by Gasteiger charge is -2.19. The van der Waals surface area contributed by atoms with E-state index in [1.807, 2.05) is 17.8 Å². The number of fused-ring (bicyclic) bond motifs is 2. The molecule has 0 aliphatic heterocycles. The number of anilines is 2. The highest BCUT2D eigenvalue weighted by atomic mass is 35.5. The first kappa shape index (κ1) is 22.6. The fraction of sp³-hybridized carbons (Fsp3) is 0.304. The monoisotopic (exact) mass is 490 g/mol. The third-order valence-corrected chi connectivity index (χ3v) is 5.90. The van der Waals surface area contributed by atoms with Crippen molar-refractivity contribution in [2.24, 2.45) is 7.05 Å². The minimum Gasteiger partial charge on any atom is -0.450 e. The van der Waals surface area contributed by atoms with E-state index < -0.39 is 0 Å². The SMILES string of the molecule is Cn1c(Nc2cc(C(C)(C)C)n(CCC#N)n2)nc2ncc(Oc3cnn4ccncc34)c(Cl)c21. The van der Waals surface area contributed by atoms with E-state index in [1.54, 1.807) is 33.9 Å². The van der Waals surface area contributed by atoms with Crippen LogP contribution in [0.3, 0.4) is 0 Å². The molecule has 0 aliphatic rings. The van der Waals surface area contributed by atoms with Crippen molar-refractivity contribution in [3.05, 3.63) is 47.8 Å². The molecular formula is C23H23ClN10O. The van der Waals surface area contributed by atoms with E-state index in [9.17, 15) is 0 Å². The quantitative estimate of drug-likeness (QED) is 0.366. The van der Waals surface area contributed by atoms with E-state index in [0.717, 1.165) is 5.69 Å². The molecular weight excluding hydrogens is 468 g/mol. The van der Waals surface area contributed by atoms with Gasteiger partial charge in [-0.25, -0.2) is 9.50 Å². The van der Waals surface area contributed by atoms with Crippen LogP contribution in [0.25, 0.3) is 16.7 Å². The molecule has 0 atom stereocenters. The summed E-state index contributed by atoms with van der Waals surface area (Å²) in [7, 11) is 1.84. The predicted molar refractivity (Wildman–Crippen MR) is 131 cm³/mol. The molecule has 35 heavy (non-hydrogen) atoms. The molecule has 0 radical (unpaired) electrons. The number of aryl methyl sites for hydroxylation is 2. The number of aromatic nitrogens is 8. The van der Waals surface area contributed by atoms with Crippen LogP contribution in [0.15, 0.2) is 37.1 Å². The number of hydrogen-bond acceptors (Lipinski definition) is 8. The third-order valence-electron chi connectivity index (χ3n) is 5.54. The first-order valence-electron chi connectivity index (χ1n) is 10.9. The number of nitriles is 1. The molecule has 0 saturated heterocycles. The smallest absolute Gasteiger partial charge is 0.210 e. The lowest BCUT2D eigenvalue weighted by molar-refractivity contribution is 0.486. The largest absolute Gasteiger partial charge is 0.450 e. The van der Waals surface area contributed by atoms with E-state index in [0.29, 0.717) is 57.9 Å². The maximum Gasteiger partial charge on any atom is 0.210 e. The summed E-state index contributed by atoms with van der Waals surface area (Å²) >= 11 is 6.73. The molecule has 5 heterocycles. The summed E-state index contributed by atoms with van der Waals surface area (Å²) in [6.45, 7) is 6.84. The van der Waals surface area contributed by atoms with Gasteiger partial charge in [0.15, 0.2) is 23.0 Å². The van der Waals surface area contributed by atoms with Crippen molar-refractivity contribution in [1.29, 1.82) is 5.26 Å². The molecule has 1 N–H and O–H groups in total. The van der Waals surface area contributed by atoms with Gasteiger partial charge in [0, 0.05) is 36.6 Å². The Morgan fingerprint density at radius 3 is 2.80 bits per heavy atom. The van der Waals surface area contributed by atoms with Gasteiger partial charge in [0.05, 0.1) is 37.6 Å². The second-order valence-electron chi connectivity index (χ2n) is 9.04. The summed E-state index contributed by atoms with van der Waals surface area (Å²) < 4.78 is 11.4. The Hall–Kier alpha value is -4.17. The molecule has 5 rings (SSSR count). The van der Waals surface area contributed by atoms with Gasteiger partial charge < -0.3 is 14.6 Å². The number of hydrogen-bond donors (Lipinski definition) is 1. The first-order chi connectivity index (χ1) is 16.8. The Morgan fingerprint density at radius 1 is 1.20 bits per heavy atom. The van der Waals surface area contributed by atoms with Gasteiger partial charge >= 0.3 is 0 Å². The molecule has 0 aromatic carbocycles. The maximum absolute atomic E-state index is 9.00. The summed E-state index contributed by atoms with van der Waals surface area (Å²) in [6, 6.07) is 4.15. The molecule has 0 fully saturated rings. The molecule has 5 aromatic rings. The van der Waals surface area contributed by atoms with Crippen LogP contribution in [-0.2, 0) is 19.0 Å². The maximum atomic E-state index is 9.00. The van der Waals surface area contributed by atoms with E-state index >= 15 is 0 Å². The van der Waals surface area contributed by atoms with Crippen molar-refractivity contribution < 1.29 is 4.74 Å². The summed E-state index contributed by atoms with van der Waals surface area (Å²) in [4.78, 5) is 13.2. The summed E-state index contributed by atoms with van der Waals surface area (Å²) in [5.74, 6) is 2.04. The highest BCUT2D eigenvalue weighted by Crippen LogP contribution is 2.36. The van der Waals surface area contributed by atoms with Gasteiger partial charge in [0.1, 0.15) is 16.1 Å². The highest BCUT2D eigenvalue weighted by Gasteiger charge is 2.23. The van der Waals surface area contributed by atoms with Crippen molar-refractivity contribution in [3.8, 4) is 17.6 Å². The molecule has 178 valence electrons. The van der Waals surface area contributed by atoms with E-state index in [4.69, 9.17) is 21.6 Å². The Bertz CT molecular complexity index is 1580. The van der Waals surface area contributed by atoms with Crippen molar-refractivity contribution >= 4 is 40.0 Å². The van der Waals surface area contributed by atoms with Crippen molar-refractivity contribution in [3.63, 3.8) is 0 Å². The average Bonchev–Trinajstić information content (AvgIpc) is 3.51. The van der Waals surface area contributed by atoms with E-state index in [2.05, 4.69) is 57.3 Å². The van der Waals surface area contributed by atoms with Crippen LogP contribution in [0.4, 0.5) is 11.8 Å². The van der Waals surface area contributed by atoms with Gasteiger partial charge in [-0.2, -0.15) is 20.4 Å². The molecule has 0 unspecified atom stereocenters. The number of halogens is 1. The van der Waals surface area contributed by atoms with Gasteiger partial charge in [-0.3, -0.25) is 9.67 Å². The van der Waals surface area contributed by atoms with Gasteiger partial charge in [-0.05, 0) is 0 Å². The normalized spacial score (nSPS) is 11.8. The lowest BCUT2D eigenvalue weighted by atomic mass is 9.92. The van der Waals surface area contributed by atoms with E-state index in [-0.39, 0.29) is 5.41 Å². The molecule has 12 heteroatoms. The van der Waals surface area contributed by atoms with Crippen LogP contribution >= 0.6 is 11.6 Å². The Kier molecular flexibility index (Phi) is 5.53. The standard InChI is InChI=1S/C23H23ClN10O/c1-23(2,3)17-10-18(31-34(17)8-5-6-25)29-22-30-21-20(32(22)4)19(24)16(12-27-21)35-15-13-28-33-9-7-26-11-14(15)33/h7,9-13H,5,8H2,1-4H3,(H,27,29,30,31). The van der Waals surface area contributed by atoms with Crippen molar-refractivity contribution in [2.75, 3.05) is 5.32 Å². The van der Waals surface area contributed by atoms with Gasteiger partial charge in [0.25, 0.3) is 0 Å². The zero-order valence-corrected chi connectivity index (χ0v) is 20.4. The van der Waals surface area contributed by atoms with Gasteiger partial charge in [-0.1, -0.05) is 32.4 Å². The van der Waals surface area contributed by atoms with Crippen LogP contribution in [0.1, 0.15) is 32.9 Å². The lowest BCUT2D eigenvalue weighted by Crippen LogP contribution is -2.18. The fourth-order valence-electron chi connectivity index (χ4n) is 3.83. The van der Waals surface area contributed by atoms with Crippen molar-refractivity contribution in [2.45, 2.75) is 39.2 Å². The topological polar surface area (TPSA) is 124 Å². The molecule has 0 amide bonds. The minimum atomic E-state index is -0.139. The average molecular weight is 491 g/mol. The van der Waals surface area contributed by atoms with E-state index in [1.165, 1.54) is 6.20 Å².